The Labute approximate surface area is 191 Å². The molecule has 7 nitrogen and oxygen atoms in total. The fourth-order valence-corrected chi connectivity index (χ4v) is 4.29. The first-order valence-electron chi connectivity index (χ1n) is 9.60. The molecule has 2 heterocycles. The van der Waals surface area contributed by atoms with Gasteiger partial charge in [0.1, 0.15) is 5.82 Å². The molecule has 0 atom stereocenters. The van der Waals surface area contributed by atoms with Crippen molar-refractivity contribution in [3.63, 3.8) is 0 Å². The number of thiophene rings is 1. The van der Waals surface area contributed by atoms with Gasteiger partial charge >= 0.3 is 0 Å². The molecule has 2 N–H and O–H groups in total. The Morgan fingerprint density at radius 2 is 1.78 bits per heavy atom. The SMILES string of the molecule is O=C(CSc1nnc(CNC(=O)c2cccs2)n1-c1ccccc1)Nc1ccccc1F. The minimum Gasteiger partial charge on any atom is -0.344 e. The molecule has 162 valence electrons. The fraction of sp³-hybridized carbons (Fsp3) is 0.0909. The second kappa shape index (κ2) is 10.2. The van der Waals surface area contributed by atoms with Crippen LogP contribution in [0.2, 0.25) is 0 Å². The van der Waals surface area contributed by atoms with E-state index in [1.165, 1.54) is 35.2 Å². The third-order valence-corrected chi connectivity index (χ3v) is 6.14. The van der Waals surface area contributed by atoms with Crippen molar-refractivity contribution in [2.75, 3.05) is 11.1 Å². The van der Waals surface area contributed by atoms with E-state index in [2.05, 4.69) is 20.8 Å². The van der Waals surface area contributed by atoms with Gasteiger partial charge in [-0.05, 0) is 35.7 Å². The Hall–Kier alpha value is -3.50. The molecule has 2 aromatic carbocycles. The monoisotopic (exact) mass is 467 g/mol. The molecule has 0 aliphatic rings. The molecule has 0 aliphatic carbocycles. The van der Waals surface area contributed by atoms with Gasteiger partial charge in [0.2, 0.25) is 5.91 Å². The van der Waals surface area contributed by atoms with Crippen LogP contribution in [0.25, 0.3) is 5.69 Å². The van der Waals surface area contributed by atoms with E-state index >= 15 is 0 Å². The zero-order valence-corrected chi connectivity index (χ0v) is 18.3. The Morgan fingerprint density at radius 1 is 1.00 bits per heavy atom. The van der Waals surface area contributed by atoms with E-state index in [4.69, 9.17) is 0 Å². The number of hydrogen-bond acceptors (Lipinski definition) is 6. The molecule has 2 aromatic heterocycles. The first kappa shape index (κ1) is 21.7. The lowest BCUT2D eigenvalue weighted by atomic mass is 10.3. The molecule has 0 saturated carbocycles. The van der Waals surface area contributed by atoms with Crippen molar-refractivity contribution >= 4 is 40.6 Å². The number of hydrogen-bond donors (Lipinski definition) is 2. The molecule has 0 aliphatic heterocycles. The summed E-state index contributed by atoms with van der Waals surface area (Å²) in [4.78, 5) is 25.2. The van der Waals surface area contributed by atoms with Crippen LogP contribution in [0.3, 0.4) is 0 Å². The van der Waals surface area contributed by atoms with E-state index in [-0.39, 0.29) is 29.8 Å². The molecule has 2 amide bonds. The summed E-state index contributed by atoms with van der Waals surface area (Å²) >= 11 is 2.53. The fourth-order valence-electron chi connectivity index (χ4n) is 2.88. The maximum absolute atomic E-state index is 13.8. The minimum absolute atomic E-state index is 0.0147. The van der Waals surface area contributed by atoms with E-state index in [9.17, 15) is 14.0 Å². The van der Waals surface area contributed by atoms with Crippen LogP contribution in [0.5, 0.6) is 0 Å². The topological polar surface area (TPSA) is 88.9 Å². The number of rotatable bonds is 8. The van der Waals surface area contributed by atoms with Gasteiger partial charge in [0.25, 0.3) is 5.91 Å². The van der Waals surface area contributed by atoms with Crippen molar-refractivity contribution in [1.29, 1.82) is 0 Å². The number of carbonyl (C=O) groups is 2. The number of nitrogens with one attached hydrogen (secondary N) is 2. The summed E-state index contributed by atoms with van der Waals surface area (Å²) in [5.41, 5.74) is 0.925. The number of amides is 2. The highest BCUT2D eigenvalue weighted by Gasteiger charge is 2.17. The largest absolute Gasteiger partial charge is 0.344 e. The van der Waals surface area contributed by atoms with Crippen LogP contribution in [0.15, 0.2) is 77.3 Å². The highest BCUT2D eigenvalue weighted by Crippen LogP contribution is 2.23. The molecule has 0 saturated heterocycles. The molecule has 0 spiro atoms. The van der Waals surface area contributed by atoms with Crippen LogP contribution >= 0.6 is 23.1 Å². The van der Waals surface area contributed by atoms with Gasteiger partial charge in [-0.2, -0.15) is 0 Å². The smallest absolute Gasteiger partial charge is 0.261 e. The van der Waals surface area contributed by atoms with Crippen LogP contribution in [-0.2, 0) is 11.3 Å². The van der Waals surface area contributed by atoms with Gasteiger partial charge in [0, 0.05) is 5.69 Å². The Bertz CT molecular complexity index is 1210. The zero-order chi connectivity index (χ0) is 22.3. The first-order chi connectivity index (χ1) is 15.6. The standard InChI is InChI=1S/C22H18FN5O2S2/c23-16-9-4-5-10-17(16)25-20(29)14-32-22-27-26-19(28(22)15-7-2-1-3-8-15)13-24-21(30)18-11-6-12-31-18/h1-12H,13-14H2,(H,24,30)(H,25,29). The quantitative estimate of drug-likeness (QED) is 0.381. The molecule has 0 unspecified atom stereocenters. The molecule has 4 aromatic rings. The summed E-state index contributed by atoms with van der Waals surface area (Å²) in [5, 5.41) is 16.1. The highest BCUT2D eigenvalue weighted by atomic mass is 32.2. The lowest BCUT2D eigenvalue weighted by Gasteiger charge is -2.11. The third kappa shape index (κ3) is 5.21. The molecule has 32 heavy (non-hydrogen) atoms. The summed E-state index contributed by atoms with van der Waals surface area (Å²) in [5.74, 6) is -0.516. The number of carbonyl (C=O) groups excluding carboxylic acids is 2. The van der Waals surface area contributed by atoms with Crippen LogP contribution in [-0.4, -0.2) is 32.3 Å². The predicted molar refractivity (Wildman–Crippen MR) is 123 cm³/mol. The molecule has 0 radical (unpaired) electrons. The summed E-state index contributed by atoms with van der Waals surface area (Å²) in [6.45, 7) is 0.167. The van der Waals surface area contributed by atoms with Crippen LogP contribution in [0.1, 0.15) is 15.5 Å². The normalized spacial score (nSPS) is 10.7. The van der Waals surface area contributed by atoms with Gasteiger partial charge in [-0.3, -0.25) is 14.2 Å². The van der Waals surface area contributed by atoms with Crippen LogP contribution in [0.4, 0.5) is 10.1 Å². The molecule has 0 fully saturated rings. The van der Waals surface area contributed by atoms with Crippen LogP contribution in [0, 0.1) is 5.82 Å². The van der Waals surface area contributed by atoms with Gasteiger partial charge in [-0.1, -0.05) is 48.2 Å². The Morgan fingerprint density at radius 3 is 2.53 bits per heavy atom. The number of benzene rings is 2. The van der Waals surface area contributed by atoms with Crippen molar-refractivity contribution in [2.24, 2.45) is 0 Å². The summed E-state index contributed by atoms with van der Waals surface area (Å²) in [6.07, 6.45) is 0. The van der Waals surface area contributed by atoms with Crippen molar-refractivity contribution < 1.29 is 14.0 Å². The van der Waals surface area contributed by atoms with Gasteiger partial charge in [0.15, 0.2) is 11.0 Å². The molecule has 4 rings (SSSR count). The zero-order valence-electron chi connectivity index (χ0n) is 16.7. The summed E-state index contributed by atoms with van der Waals surface area (Å²) in [7, 11) is 0. The molecular formula is C22H18FN5O2S2. The van der Waals surface area contributed by atoms with Crippen molar-refractivity contribution in [2.45, 2.75) is 11.7 Å². The lowest BCUT2D eigenvalue weighted by molar-refractivity contribution is -0.113. The number of anilines is 1. The Balaban J connectivity index is 1.48. The molecular weight excluding hydrogens is 449 g/mol. The number of thioether (sulfide) groups is 1. The number of nitrogens with zero attached hydrogens (tertiary/aromatic N) is 3. The average molecular weight is 468 g/mol. The van der Waals surface area contributed by atoms with Gasteiger partial charge in [-0.15, -0.1) is 21.5 Å². The van der Waals surface area contributed by atoms with Crippen LogP contribution < -0.4 is 10.6 Å². The van der Waals surface area contributed by atoms with E-state index in [0.717, 1.165) is 5.69 Å². The van der Waals surface area contributed by atoms with Gasteiger partial charge < -0.3 is 10.6 Å². The first-order valence-corrected chi connectivity index (χ1v) is 11.5. The van der Waals surface area contributed by atoms with Crippen molar-refractivity contribution in [3.05, 3.63) is 88.6 Å². The Kier molecular flexibility index (Phi) is 6.93. The number of halogens is 1. The third-order valence-electron chi connectivity index (χ3n) is 4.35. The predicted octanol–water partition coefficient (Wildman–Crippen LogP) is 4.13. The maximum Gasteiger partial charge on any atom is 0.261 e. The number of para-hydroxylation sites is 2. The highest BCUT2D eigenvalue weighted by molar-refractivity contribution is 7.99. The lowest BCUT2D eigenvalue weighted by Crippen LogP contribution is -2.24. The molecule has 10 heteroatoms. The number of aromatic nitrogens is 3. The van der Waals surface area contributed by atoms with E-state index < -0.39 is 5.82 Å². The van der Waals surface area contributed by atoms with Gasteiger partial charge in [0.05, 0.1) is 22.9 Å². The summed E-state index contributed by atoms with van der Waals surface area (Å²) < 4.78 is 15.6. The van der Waals surface area contributed by atoms with E-state index in [0.29, 0.717) is 15.9 Å². The van der Waals surface area contributed by atoms with E-state index in [1.807, 2.05) is 41.8 Å². The van der Waals surface area contributed by atoms with Gasteiger partial charge in [-0.25, -0.2) is 4.39 Å². The minimum atomic E-state index is -0.498. The summed E-state index contributed by atoms with van der Waals surface area (Å²) in [6, 6.07) is 19.0. The van der Waals surface area contributed by atoms with E-state index in [1.54, 1.807) is 22.8 Å². The average Bonchev–Trinajstić information content (AvgIpc) is 3.48. The van der Waals surface area contributed by atoms with Crippen molar-refractivity contribution in [3.8, 4) is 5.69 Å². The van der Waals surface area contributed by atoms with Crippen molar-refractivity contribution in [1.82, 2.24) is 20.1 Å². The second-order valence-electron chi connectivity index (χ2n) is 6.55. The second-order valence-corrected chi connectivity index (χ2v) is 8.44. The molecule has 0 bridgehead atoms. The maximum atomic E-state index is 13.8.